The normalized spacial score (nSPS) is 11.6. The summed E-state index contributed by atoms with van der Waals surface area (Å²) >= 11 is 5.96. The molecule has 0 aliphatic heterocycles. The smallest absolute Gasteiger partial charge is 0.0738 e. The second kappa shape index (κ2) is 6.53. The van der Waals surface area contributed by atoms with Gasteiger partial charge in [0, 0.05) is 22.8 Å². The number of hydrogen-bond acceptors (Lipinski definition) is 3. The van der Waals surface area contributed by atoms with Crippen molar-refractivity contribution in [3.05, 3.63) is 35.5 Å². The molecule has 4 heteroatoms. The molecule has 0 saturated heterocycles. The summed E-state index contributed by atoms with van der Waals surface area (Å²) in [4.78, 5) is 4.30. The first-order valence-corrected chi connectivity index (χ1v) is 6.95. The number of anilines is 1. The minimum absolute atomic E-state index is 0.523. The maximum Gasteiger partial charge on any atom is 0.0738 e. The summed E-state index contributed by atoms with van der Waals surface area (Å²) in [7, 11) is 0. The number of nitrogens with zero attached hydrogens (tertiary/aromatic N) is 2. The molecule has 1 N–H and O–H groups in total. The molecule has 0 radical (unpaired) electrons. The summed E-state index contributed by atoms with van der Waals surface area (Å²) in [5, 5.41) is 6.03. The van der Waals surface area contributed by atoms with Gasteiger partial charge in [-0.1, -0.05) is 25.4 Å². The van der Waals surface area contributed by atoms with Gasteiger partial charge in [-0.15, -0.1) is 0 Å². The third kappa shape index (κ3) is 3.44. The highest BCUT2D eigenvalue weighted by Crippen LogP contribution is 2.24. The van der Waals surface area contributed by atoms with Crippen molar-refractivity contribution in [3.8, 4) is 0 Å². The first kappa shape index (κ1) is 13.8. The molecule has 0 spiro atoms. The quantitative estimate of drug-likeness (QED) is 0.633. The van der Waals surface area contributed by atoms with Crippen LogP contribution in [0.3, 0.4) is 0 Å². The Morgan fingerprint density at radius 3 is 2.84 bits per heavy atom. The number of aromatic nitrogens is 1. The highest BCUT2D eigenvalue weighted by atomic mass is 35.5. The van der Waals surface area contributed by atoms with Crippen LogP contribution in [-0.4, -0.2) is 11.2 Å². The van der Waals surface area contributed by atoms with Gasteiger partial charge in [-0.25, -0.2) is 0 Å². The van der Waals surface area contributed by atoms with Gasteiger partial charge in [-0.05, 0) is 43.0 Å². The van der Waals surface area contributed by atoms with Gasteiger partial charge in [0.05, 0.1) is 11.2 Å². The standard InChI is InChI=1S/C15H18ClN3/c1-3-11(4-2)10-18-19-14-7-8-17-15-9-12(16)5-6-13(14)15/h5-11H,3-4H2,1-2H3,(H,17,19)/b18-10+. The second-order valence-electron chi connectivity index (χ2n) is 4.49. The molecule has 0 bridgehead atoms. The molecule has 3 nitrogen and oxygen atoms in total. The van der Waals surface area contributed by atoms with Crippen LogP contribution in [0, 0.1) is 5.92 Å². The molecule has 100 valence electrons. The van der Waals surface area contributed by atoms with Crippen LogP contribution in [0.25, 0.3) is 10.9 Å². The van der Waals surface area contributed by atoms with Crippen molar-refractivity contribution in [2.24, 2.45) is 11.0 Å². The van der Waals surface area contributed by atoms with E-state index >= 15 is 0 Å². The molecular weight excluding hydrogens is 258 g/mol. The van der Waals surface area contributed by atoms with Crippen LogP contribution in [0.5, 0.6) is 0 Å². The first-order chi connectivity index (χ1) is 9.24. The number of benzene rings is 1. The van der Waals surface area contributed by atoms with Gasteiger partial charge in [-0.2, -0.15) is 5.10 Å². The maximum absolute atomic E-state index is 5.96. The average Bonchev–Trinajstić information content (AvgIpc) is 2.43. The molecule has 1 aromatic carbocycles. The van der Waals surface area contributed by atoms with Crippen LogP contribution in [0.2, 0.25) is 5.02 Å². The Morgan fingerprint density at radius 2 is 2.11 bits per heavy atom. The zero-order valence-electron chi connectivity index (χ0n) is 11.2. The van der Waals surface area contributed by atoms with Crippen LogP contribution in [0.1, 0.15) is 26.7 Å². The van der Waals surface area contributed by atoms with Gasteiger partial charge < -0.3 is 0 Å². The number of pyridine rings is 1. The van der Waals surface area contributed by atoms with E-state index in [0.717, 1.165) is 29.4 Å². The molecule has 1 heterocycles. The molecule has 2 aromatic rings. The molecule has 0 fully saturated rings. The second-order valence-corrected chi connectivity index (χ2v) is 4.92. The predicted octanol–water partition coefficient (Wildman–Crippen LogP) is 4.72. The minimum Gasteiger partial charge on any atom is -0.278 e. The van der Waals surface area contributed by atoms with Gasteiger partial charge in [-0.3, -0.25) is 10.4 Å². The van der Waals surface area contributed by atoms with Crippen molar-refractivity contribution in [3.63, 3.8) is 0 Å². The summed E-state index contributed by atoms with van der Waals surface area (Å²) < 4.78 is 0. The fourth-order valence-corrected chi connectivity index (χ4v) is 2.10. The van der Waals surface area contributed by atoms with Crippen LogP contribution in [-0.2, 0) is 0 Å². The number of halogens is 1. The number of nitrogens with one attached hydrogen (secondary N) is 1. The lowest BCUT2D eigenvalue weighted by molar-refractivity contribution is 0.654. The lowest BCUT2D eigenvalue weighted by Crippen LogP contribution is -2.00. The Bertz CT molecular complexity index is 577. The Kier molecular flexibility index (Phi) is 4.74. The Balaban J connectivity index is 2.21. The van der Waals surface area contributed by atoms with E-state index in [9.17, 15) is 0 Å². The van der Waals surface area contributed by atoms with Crippen molar-refractivity contribution in [2.45, 2.75) is 26.7 Å². The van der Waals surface area contributed by atoms with Gasteiger partial charge >= 0.3 is 0 Å². The van der Waals surface area contributed by atoms with Gasteiger partial charge in [0.1, 0.15) is 0 Å². The zero-order chi connectivity index (χ0) is 13.7. The van der Waals surface area contributed by atoms with Crippen molar-refractivity contribution < 1.29 is 0 Å². The predicted molar refractivity (Wildman–Crippen MR) is 82.9 cm³/mol. The minimum atomic E-state index is 0.523. The summed E-state index contributed by atoms with van der Waals surface area (Å²) in [5.74, 6) is 0.523. The summed E-state index contributed by atoms with van der Waals surface area (Å²) in [5.41, 5.74) is 4.91. The van der Waals surface area contributed by atoms with Gasteiger partial charge in [0.25, 0.3) is 0 Å². The summed E-state index contributed by atoms with van der Waals surface area (Å²) in [6.45, 7) is 4.34. The Hall–Kier alpha value is -1.61. The molecule has 0 atom stereocenters. The van der Waals surface area contributed by atoms with Crippen LogP contribution >= 0.6 is 11.6 Å². The Morgan fingerprint density at radius 1 is 1.32 bits per heavy atom. The van der Waals surface area contributed by atoms with Crippen molar-refractivity contribution in [2.75, 3.05) is 5.43 Å². The van der Waals surface area contributed by atoms with Crippen LogP contribution in [0.15, 0.2) is 35.6 Å². The van der Waals surface area contributed by atoms with Gasteiger partial charge in [0.2, 0.25) is 0 Å². The van der Waals surface area contributed by atoms with E-state index in [1.165, 1.54) is 0 Å². The fraction of sp³-hybridized carbons (Fsp3) is 0.333. The third-order valence-electron chi connectivity index (χ3n) is 3.22. The van der Waals surface area contributed by atoms with E-state index in [2.05, 4.69) is 29.4 Å². The zero-order valence-corrected chi connectivity index (χ0v) is 12.0. The lowest BCUT2D eigenvalue weighted by Gasteiger charge is -2.07. The fourth-order valence-electron chi connectivity index (χ4n) is 1.93. The number of hydrazone groups is 1. The monoisotopic (exact) mass is 275 g/mol. The molecule has 0 aliphatic rings. The average molecular weight is 276 g/mol. The van der Waals surface area contributed by atoms with E-state index in [-0.39, 0.29) is 0 Å². The molecule has 1 aromatic heterocycles. The van der Waals surface area contributed by atoms with Crippen LogP contribution < -0.4 is 5.43 Å². The molecule has 2 rings (SSSR count). The number of fused-ring (bicyclic) bond motifs is 1. The van der Waals surface area contributed by atoms with E-state index in [1.807, 2.05) is 30.5 Å². The van der Waals surface area contributed by atoms with E-state index in [1.54, 1.807) is 6.20 Å². The molecule has 19 heavy (non-hydrogen) atoms. The SMILES string of the molecule is CCC(/C=N/Nc1ccnc2cc(Cl)ccc12)CC. The molecule has 0 saturated carbocycles. The molecule has 0 aliphatic carbocycles. The maximum atomic E-state index is 5.96. The van der Waals surface area contributed by atoms with Crippen molar-refractivity contribution in [1.29, 1.82) is 0 Å². The highest BCUT2D eigenvalue weighted by molar-refractivity contribution is 6.31. The largest absolute Gasteiger partial charge is 0.278 e. The van der Waals surface area contributed by atoms with Crippen molar-refractivity contribution >= 4 is 34.4 Å². The molecular formula is C15H18ClN3. The third-order valence-corrected chi connectivity index (χ3v) is 3.46. The topological polar surface area (TPSA) is 37.3 Å². The lowest BCUT2D eigenvalue weighted by atomic mass is 10.1. The van der Waals surface area contributed by atoms with E-state index in [4.69, 9.17) is 11.6 Å². The number of hydrogen-bond donors (Lipinski definition) is 1. The first-order valence-electron chi connectivity index (χ1n) is 6.58. The highest BCUT2D eigenvalue weighted by Gasteiger charge is 2.02. The van der Waals surface area contributed by atoms with E-state index < -0.39 is 0 Å². The Labute approximate surface area is 118 Å². The van der Waals surface area contributed by atoms with E-state index in [0.29, 0.717) is 10.9 Å². The van der Waals surface area contributed by atoms with Gasteiger partial charge in [0.15, 0.2) is 0 Å². The number of rotatable bonds is 5. The van der Waals surface area contributed by atoms with Crippen molar-refractivity contribution in [1.82, 2.24) is 4.98 Å². The summed E-state index contributed by atoms with van der Waals surface area (Å²) in [6, 6.07) is 7.59. The summed E-state index contributed by atoms with van der Waals surface area (Å²) in [6.07, 6.45) is 5.94. The van der Waals surface area contributed by atoms with Crippen LogP contribution in [0.4, 0.5) is 5.69 Å². The molecule has 0 unspecified atom stereocenters. The molecule has 0 amide bonds.